The molecule has 1 aromatic carbocycles. The van der Waals surface area contributed by atoms with Gasteiger partial charge in [0.2, 0.25) is 0 Å². The molecule has 33 heavy (non-hydrogen) atoms. The predicted octanol–water partition coefficient (Wildman–Crippen LogP) is 3.99. The summed E-state index contributed by atoms with van der Waals surface area (Å²) in [6.45, 7) is 2.36. The highest BCUT2D eigenvalue weighted by atomic mass is 16.5. The maximum absolute atomic E-state index is 12.9. The van der Waals surface area contributed by atoms with Crippen LogP contribution in [0.4, 0.5) is 5.69 Å². The molecule has 0 N–H and O–H groups in total. The van der Waals surface area contributed by atoms with E-state index >= 15 is 0 Å². The van der Waals surface area contributed by atoms with Gasteiger partial charge in [0, 0.05) is 25.1 Å². The number of amides is 1. The normalized spacial score (nSPS) is 17.8. The minimum atomic E-state index is -0.583. The van der Waals surface area contributed by atoms with Gasteiger partial charge in [-0.25, -0.2) is 9.80 Å². The molecule has 0 spiro atoms. The zero-order valence-electron chi connectivity index (χ0n) is 18.0. The van der Waals surface area contributed by atoms with Gasteiger partial charge in [-0.15, -0.1) is 0 Å². The van der Waals surface area contributed by atoms with E-state index in [9.17, 15) is 9.59 Å². The van der Waals surface area contributed by atoms with Crippen LogP contribution >= 0.6 is 0 Å². The molecule has 1 amide bonds. The fraction of sp³-hybridized carbons (Fsp3) is 0.250. The number of esters is 1. The third-order valence-corrected chi connectivity index (χ3v) is 5.55. The monoisotopic (exact) mass is 446 g/mol. The maximum Gasteiger partial charge on any atom is 0.338 e. The molecule has 168 valence electrons. The number of ether oxygens (including phenoxy) is 1. The Morgan fingerprint density at radius 2 is 1.85 bits per heavy atom. The molecule has 9 nitrogen and oxygen atoms in total. The third kappa shape index (κ3) is 4.30. The number of hydrazone groups is 2. The van der Waals surface area contributed by atoms with Crippen molar-refractivity contribution in [3.63, 3.8) is 0 Å². The van der Waals surface area contributed by atoms with E-state index in [1.807, 2.05) is 24.1 Å². The Balaban J connectivity index is 1.25. The summed E-state index contributed by atoms with van der Waals surface area (Å²) in [4.78, 5) is 25.4. The molecule has 0 aliphatic carbocycles. The molecule has 5 rings (SSSR count). The van der Waals surface area contributed by atoms with Gasteiger partial charge in [-0.2, -0.15) is 10.2 Å². The summed E-state index contributed by atoms with van der Waals surface area (Å²) in [6, 6.07) is 13.6. The number of carbonyl (C=O) groups excluding carboxylic acids is 2. The second-order valence-electron chi connectivity index (χ2n) is 7.83. The lowest BCUT2D eigenvalue weighted by Crippen LogP contribution is -2.31. The van der Waals surface area contributed by atoms with Crippen LogP contribution in [0.2, 0.25) is 0 Å². The van der Waals surface area contributed by atoms with Gasteiger partial charge >= 0.3 is 5.97 Å². The average Bonchev–Trinajstić information content (AvgIpc) is 3.62. The van der Waals surface area contributed by atoms with E-state index in [1.165, 1.54) is 5.01 Å². The number of rotatable bonds is 6. The Labute approximate surface area is 189 Å². The molecular formula is C24H22N4O5. The Morgan fingerprint density at radius 1 is 1.06 bits per heavy atom. The molecule has 0 saturated carbocycles. The van der Waals surface area contributed by atoms with Crippen LogP contribution in [-0.4, -0.2) is 41.5 Å². The summed E-state index contributed by atoms with van der Waals surface area (Å²) in [5, 5.41) is 12.1. The molecule has 1 atom stereocenters. The fourth-order valence-electron chi connectivity index (χ4n) is 3.84. The third-order valence-electron chi connectivity index (χ3n) is 5.55. The van der Waals surface area contributed by atoms with Gasteiger partial charge in [0.15, 0.2) is 6.61 Å². The van der Waals surface area contributed by atoms with E-state index in [-0.39, 0.29) is 0 Å². The number of furan rings is 2. The van der Waals surface area contributed by atoms with Gasteiger partial charge in [0.25, 0.3) is 5.91 Å². The molecule has 0 saturated heterocycles. The van der Waals surface area contributed by atoms with Crippen LogP contribution in [0, 0.1) is 0 Å². The highest BCUT2D eigenvalue weighted by Gasteiger charge is 2.36. The van der Waals surface area contributed by atoms with Gasteiger partial charge < -0.3 is 13.6 Å². The maximum atomic E-state index is 12.9. The molecule has 9 heteroatoms. The Hall–Kier alpha value is -4.14. The predicted molar refractivity (Wildman–Crippen MR) is 120 cm³/mol. The summed E-state index contributed by atoms with van der Waals surface area (Å²) in [7, 11) is 0. The minimum absolute atomic E-state index is 0.357. The molecule has 4 heterocycles. The first-order valence-corrected chi connectivity index (χ1v) is 10.6. The van der Waals surface area contributed by atoms with Gasteiger partial charge in [-0.1, -0.05) is 0 Å². The molecule has 0 radical (unpaired) electrons. The number of hydrogen-bond acceptors (Lipinski definition) is 8. The van der Waals surface area contributed by atoms with Crippen LogP contribution < -0.4 is 5.01 Å². The smallest absolute Gasteiger partial charge is 0.338 e. The number of benzene rings is 1. The van der Waals surface area contributed by atoms with Crippen molar-refractivity contribution in [2.75, 3.05) is 18.2 Å². The molecule has 0 fully saturated rings. The van der Waals surface area contributed by atoms with Crippen LogP contribution in [0.5, 0.6) is 0 Å². The van der Waals surface area contributed by atoms with E-state index in [2.05, 4.69) is 10.2 Å². The molecule has 0 bridgehead atoms. The minimum Gasteiger partial charge on any atom is -0.467 e. The van der Waals surface area contributed by atoms with E-state index in [0.717, 1.165) is 24.4 Å². The zero-order valence-corrected chi connectivity index (χ0v) is 18.0. The average molecular weight is 446 g/mol. The SMILES string of the molecule is CC1=NN(c2ccc(C(=O)OCC(=O)N3N=C(c4ccco4)CC3c3ccco3)cc2)CC1. The largest absolute Gasteiger partial charge is 0.467 e. The fourth-order valence-corrected chi connectivity index (χ4v) is 3.84. The molecule has 2 aliphatic rings. The van der Waals surface area contributed by atoms with E-state index in [0.29, 0.717) is 29.2 Å². The number of anilines is 1. The first kappa shape index (κ1) is 20.7. The van der Waals surface area contributed by atoms with Crippen LogP contribution in [0.3, 0.4) is 0 Å². The summed E-state index contributed by atoms with van der Waals surface area (Å²) < 4.78 is 16.2. The zero-order chi connectivity index (χ0) is 22.8. The van der Waals surface area contributed by atoms with Crippen molar-refractivity contribution in [2.45, 2.75) is 25.8 Å². The van der Waals surface area contributed by atoms with Crippen molar-refractivity contribution in [3.05, 3.63) is 78.1 Å². The quantitative estimate of drug-likeness (QED) is 0.531. The lowest BCUT2D eigenvalue weighted by molar-refractivity contribution is -0.136. The van der Waals surface area contributed by atoms with Crippen molar-refractivity contribution >= 4 is 29.0 Å². The highest BCUT2D eigenvalue weighted by Crippen LogP contribution is 2.33. The van der Waals surface area contributed by atoms with Crippen molar-refractivity contribution in [3.8, 4) is 0 Å². The first-order valence-electron chi connectivity index (χ1n) is 10.6. The number of hydrogen-bond donors (Lipinski definition) is 0. The molecule has 3 aromatic rings. The van der Waals surface area contributed by atoms with Gasteiger partial charge in [-0.05, 0) is 55.5 Å². The van der Waals surface area contributed by atoms with Crippen LogP contribution in [0.15, 0.2) is 80.1 Å². The number of nitrogens with zero attached hydrogens (tertiary/aromatic N) is 4. The Morgan fingerprint density at radius 3 is 2.52 bits per heavy atom. The molecule has 2 aliphatic heterocycles. The van der Waals surface area contributed by atoms with Crippen LogP contribution in [-0.2, 0) is 9.53 Å². The summed E-state index contributed by atoms with van der Waals surface area (Å²) in [5.41, 5.74) is 2.95. The van der Waals surface area contributed by atoms with Gasteiger partial charge in [-0.3, -0.25) is 9.80 Å². The second kappa shape index (κ2) is 8.78. The van der Waals surface area contributed by atoms with E-state index in [4.69, 9.17) is 13.6 Å². The first-order chi connectivity index (χ1) is 16.1. The van der Waals surface area contributed by atoms with Crippen molar-refractivity contribution < 1.29 is 23.2 Å². The molecular weight excluding hydrogens is 424 g/mol. The standard InChI is InChI=1S/C24H22N4O5/c1-16-10-11-27(25-16)18-8-6-17(7-9-18)24(30)33-15-23(29)28-20(22-5-3-13-32-22)14-19(26-28)21-4-2-12-31-21/h2-9,12-13,20H,10-11,14-15H2,1H3. The van der Waals surface area contributed by atoms with Crippen molar-refractivity contribution in [2.24, 2.45) is 10.2 Å². The molecule has 2 aromatic heterocycles. The summed E-state index contributed by atoms with van der Waals surface area (Å²) in [6.07, 6.45) is 4.45. The topological polar surface area (TPSA) is 101 Å². The Kier molecular flexibility index (Phi) is 5.52. The lowest BCUT2D eigenvalue weighted by Gasteiger charge is -2.19. The van der Waals surface area contributed by atoms with E-state index in [1.54, 1.807) is 48.9 Å². The molecule has 1 unspecified atom stereocenters. The lowest BCUT2D eigenvalue weighted by atomic mass is 10.1. The van der Waals surface area contributed by atoms with E-state index < -0.39 is 24.5 Å². The van der Waals surface area contributed by atoms with Crippen LogP contribution in [0.1, 0.15) is 47.7 Å². The second-order valence-corrected chi connectivity index (χ2v) is 7.83. The van der Waals surface area contributed by atoms with Gasteiger partial charge in [0.05, 0.1) is 23.8 Å². The highest BCUT2D eigenvalue weighted by molar-refractivity contribution is 6.01. The Bertz CT molecular complexity index is 1200. The van der Waals surface area contributed by atoms with Crippen LogP contribution in [0.25, 0.3) is 0 Å². The summed E-state index contributed by atoms with van der Waals surface area (Å²) >= 11 is 0. The summed E-state index contributed by atoms with van der Waals surface area (Å²) in [5.74, 6) is 0.136. The van der Waals surface area contributed by atoms with Crippen molar-refractivity contribution in [1.29, 1.82) is 0 Å². The van der Waals surface area contributed by atoms with Crippen molar-refractivity contribution in [1.82, 2.24) is 5.01 Å². The van der Waals surface area contributed by atoms with Gasteiger partial charge in [0.1, 0.15) is 23.3 Å². The number of carbonyl (C=O) groups is 2.